The zero-order chi connectivity index (χ0) is 13.0. The molecule has 1 amide bonds. The molecule has 0 spiro atoms. The molecule has 0 unspecified atom stereocenters. The van der Waals surface area contributed by atoms with E-state index in [0.717, 1.165) is 5.56 Å². The lowest BCUT2D eigenvalue weighted by molar-refractivity contribution is 0.155. The van der Waals surface area contributed by atoms with Crippen molar-refractivity contribution < 1.29 is 14.1 Å². The monoisotopic (exact) mass is 310 g/mol. The molecule has 0 saturated carbocycles. The first-order valence-electron chi connectivity index (χ1n) is 5.26. The van der Waals surface area contributed by atoms with Gasteiger partial charge in [-0.3, -0.25) is 5.32 Å². The number of halogens is 1. The molecule has 0 fully saturated rings. The van der Waals surface area contributed by atoms with Crippen LogP contribution in [0.4, 0.5) is 10.5 Å². The number of ether oxygens (including phenoxy) is 1. The second kappa shape index (κ2) is 5.68. The molecule has 94 valence electrons. The van der Waals surface area contributed by atoms with E-state index in [1.165, 1.54) is 0 Å². The van der Waals surface area contributed by atoms with E-state index in [1.807, 2.05) is 30.3 Å². The van der Waals surface area contributed by atoms with Crippen LogP contribution in [0.1, 0.15) is 11.3 Å². The van der Waals surface area contributed by atoms with Gasteiger partial charge in [-0.15, -0.1) is 0 Å². The molecular weight excluding hydrogens is 300 g/mol. The topological polar surface area (TPSA) is 64.4 Å². The standard InChI is InChI=1S/C12H11BrN2O3/c1-8-10(11(13)15-18-8)14-12(16)17-7-9-5-3-2-4-6-9/h2-6H,7H2,1H3,(H,14,16). The number of hydrogen-bond acceptors (Lipinski definition) is 4. The number of anilines is 1. The third-order valence-corrected chi connectivity index (χ3v) is 2.80. The predicted molar refractivity (Wildman–Crippen MR) is 69.2 cm³/mol. The number of benzene rings is 1. The molecule has 1 heterocycles. The molecule has 1 N–H and O–H groups in total. The van der Waals surface area contributed by atoms with Crippen molar-refractivity contribution in [2.24, 2.45) is 0 Å². The average molecular weight is 311 g/mol. The summed E-state index contributed by atoms with van der Waals surface area (Å²) in [5.74, 6) is 0.513. The second-order valence-electron chi connectivity index (χ2n) is 3.59. The zero-order valence-corrected chi connectivity index (χ0v) is 11.2. The van der Waals surface area contributed by atoms with Crippen LogP contribution >= 0.6 is 15.9 Å². The minimum absolute atomic E-state index is 0.217. The number of hydrogen-bond donors (Lipinski definition) is 1. The van der Waals surface area contributed by atoms with Gasteiger partial charge in [0, 0.05) is 0 Å². The number of aryl methyl sites for hydroxylation is 1. The average Bonchev–Trinajstić information content (AvgIpc) is 2.69. The maximum Gasteiger partial charge on any atom is 0.412 e. The van der Waals surface area contributed by atoms with Crippen molar-refractivity contribution in [2.45, 2.75) is 13.5 Å². The molecule has 0 bridgehead atoms. The Hall–Kier alpha value is -1.82. The van der Waals surface area contributed by atoms with E-state index in [9.17, 15) is 4.79 Å². The molecule has 0 aliphatic carbocycles. The first-order valence-corrected chi connectivity index (χ1v) is 6.05. The van der Waals surface area contributed by atoms with Gasteiger partial charge in [-0.1, -0.05) is 35.5 Å². The molecule has 1 aromatic carbocycles. The maximum atomic E-state index is 11.6. The first kappa shape index (κ1) is 12.6. The molecule has 0 aliphatic rings. The summed E-state index contributed by atoms with van der Waals surface area (Å²) in [6, 6.07) is 9.44. The fourth-order valence-corrected chi connectivity index (χ4v) is 1.80. The van der Waals surface area contributed by atoms with Crippen LogP contribution in [0.3, 0.4) is 0 Å². The Morgan fingerprint density at radius 3 is 2.78 bits per heavy atom. The normalized spacial score (nSPS) is 10.1. The highest BCUT2D eigenvalue weighted by atomic mass is 79.9. The van der Waals surface area contributed by atoms with Crippen molar-refractivity contribution in [3.63, 3.8) is 0 Å². The van der Waals surface area contributed by atoms with Crippen LogP contribution < -0.4 is 5.32 Å². The highest BCUT2D eigenvalue weighted by Crippen LogP contribution is 2.24. The molecule has 1 aromatic heterocycles. The van der Waals surface area contributed by atoms with E-state index >= 15 is 0 Å². The van der Waals surface area contributed by atoms with Gasteiger partial charge in [0.1, 0.15) is 12.3 Å². The molecule has 6 heteroatoms. The summed E-state index contributed by atoms with van der Waals surface area (Å²) in [6.07, 6.45) is -0.550. The Balaban J connectivity index is 1.90. The third-order valence-electron chi connectivity index (χ3n) is 2.26. The summed E-state index contributed by atoms with van der Waals surface area (Å²) in [7, 11) is 0. The Morgan fingerprint density at radius 2 is 2.17 bits per heavy atom. The fraction of sp³-hybridized carbons (Fsp3) is 0.167. The van der Waals surface area contributed by atoms with Crippen LogP contribution in [0.15, 0.2) is 39.5 Å². The lowest BCUT2D eigenvalue weighted by Gasteiger charge is -2.05. The van der Waals surface area contributed by atoms with Gasteiger partial charge in [-0.05, 0) is 28.4 Å². The van der Waals surface area contributed by atoms with Crippen molar-refractivity contribution >= 4 is 27.7 Å². The lowest BCUT2D eigenvalue weighted by Crippen LogP contribution is -2.14. The number of rotatable bonds is 3. The number of nitrogens with zero attached hydrogens (tertiary/aromatic N) is 1. The molecule has 0 radical (unpaired) electrons. The van der Waals surface area contributed by atoms with E-state index in [1.54, 1.807) is 6.92 Å². The highest BCUT2D eigenvalue weighted by Gasteiger charge is 2.14. The molecule has 5 nitrogen and oxygen atoms in total. The SMILES string of the molecule is Cc1onc(Br)c1NC(=O)OCc1ccccc1. The highest BCUT2D eigenvalue weighted by molar-refractivity contribution is 9.10. The molecule has 0 saturated heterocycles. The van der Waals surface area contributed by atoms with Crippen molar-refractivity contribution in [3.05, 3.63) is 46.3 Å². The number of carbonyl (C=O) groups is 1. The molecular formula is C12H11BrN2O3. The Kier molecular flexibility index (Phi) is 3.99. The minimum Gasteiger partial charge on any atom is -0.444 e. The summed E-state index contributed by atoms with van der Waals surface area (Å²) >= 11 is 3.17. The fourth-order valence-electron chi connectivity index (χ4n) is 1.35. The number of amides is 1. The summed E-state index contributed by atoms with van der Waals surface area (Å²) in [5, 5.41) is 6.22. The van der Waals surface area contributed by atoms with Crippen LogP contribution in [0.25, 0.3) is 0 Å². The zero-order valence-electron chi connectivity index (χ0n) is 9.64. The quantitative estimate of drug-likeness (QED) is 0.942. The van der Waals surface area contributed by atoms with Gasteiger partial charge >= 0.3 is 6.09 Å². The Bertz CT molecular complexity index is 520. The van der Waals surface area contributed by atoms with Crippen molar-refractivity contribution in [1.82, 2.24) is 5.16 Å². The molecule has 2 rings (SSSR count). The summed E-state index contributed by atoms with van der Waals surface area (Å²) in [4.78, 5) is 11.6. The van der Waals surface area contributed by atoms with Gasteiger partial charge in [-0.25, -0.2) is 4.79 Å². The number of aromatic nitrogens is 1. The van der Waals surface area contributed by atoms with E-state index in [0.29, 0.717) is 16.1 Å². The van der Waals surface area contributed by atoms with E-state index < -0.39 is 6.09 Å². The molecule has 2 aromatic rings. The van der Waals surface area contributed by atoms with Crippen LogP contribution in [0.5, 0.6) is 0 Å². The second-order valence-corrected chi connectivity index (χ2v) is 4.34. The van der Waals surface area contributed by atoms with Gasteiger partial charge in [-0.2, -0.15) is 0 Å². The Labute approximate surface area is 112 Å². The number of carbonyl (C=O) groups excluding carboxylic acids is 1. The van der Waals surface area contributed by atoms with Gasteiger partial charge in [0.25, 0.3) is 0 Å². The molecule has 0 aliphatic heterocycles. The van der Waals surface area contributed by atoms with Crippen molar-refractivity contribution in [2.75, 3.05) is 5.32 Å². The van der Waals surface area contributed by atoms with Crippen LogP contribution in [-0.4, -0.2) is 11.2 Å². The van der Waals surface area contributed by atoms with Crippen molar-refractivity contribution in [1.29, 1.82) is 0 Å². The van der Waals surface area contributed by atoms with Gasteiger partial charge in [0.05, 0.1) is 0 Å². The van der Waals surface area contributed by atoms with Crippen LogP contribution in [0, 0.1) is 6.92 Å². The van der Waals surface area contributed by atoms with Crippen molar-refractivity contribution in [3.8, 4) is 0 Å². The van der Waals surface area contributed by atoms with Gasteiger partial charge in [0.15, 0.2) is 10.4 Å². The van der Waals surface area contributed by atoms with Gasteiger partial charge < -0.3 is 9.26 Å². The minimum atomic E-state index is -0.550. The largest absolute Gasteiger partial charge is 0.444 e. The summed E-state index contributed by atoms with van der Waals surface area (Å²) < 4.78 is 10.4. The number of nitrogens with one attached hydrogen (secondary N) is 1. The van der Waals surface area contributed by atoms with E-state index in [-0.39, 0.29) is 6.61 Å². The third kappa shape index (κ3) is 3.10. The van der Waals surface area contributed by atoms with E-state index in [4.69, 9.17) is 9.26 Å². The maximum absolute atomic E-state index is 11.6. The summed E-state index contributed by atoms with van der Waals surface area (Å²) in [6.45, 7) is 1.92. The lowest BCUT2D eigenvalue weighted by atomic mass is 10.2. The Morgan fingerprint density at radius 1 is 1.44 bits per heavy atom. The van der Waals surface area contributed by atoms with Gasteiger partial charge in [0.2, 0.25) is 0 Å². The molecule has 0 atom stereocenters. The molecule has 18 heavy (non-hydrogen) atoms. The van der Waals surface area contributed by atoms with Crippen LogP contribution in [-0.2, 0) is 11.3 Å². The smallest absolute Gasteiger partial charge is 0.412 e. The predicted octanol–water partition coefficient (Wildman–Crippen LogP) is 3.49. The van der Waals surface area contributed by atoms with Crippen LogP contribution in [0.2, 0.25) is 0 Å². The first-order chi connectivity index (χ1) is 8.66. The van der Waals surface area contributed by atoms with E-state index in [2.05, 4.69) is 26.4 Å². The summed E-state index contributed by atoms with van der Waals surface area (Å²) in [5.41, 5.74) is 1.40.